The third-order valence-electron chi connectivity index (χ3n) is 19.6. The van der Waals surface area contributed by atoms with Gasteiger partial charge < -0.3 is 56.1 Å². The van der Waals surface area contributed by atoms with Crippen LogP contribution in [0.25, 0.3) is 45.0 Å². The summed E-state index contributed by atoms with van der Waals surface area (Å²) >= 11 is 25.3. The van der Waals surface area contributed by atoms with Gasteiger partial charge in [0.15, 0.2) is 0 Å². The van der Waals surface area contributed by atoms with E-state index in [4.69, 9.17) is 51.1 Å². The molecule has 15 rings (SSSR count). The number of carbonyl (C=O) groups excluding carboxylic acids is 4. The number of piperidine rings is 1. The number of morpholine rings is 1. The van der Waals surface area contributed by atoms with Crippen LogP contribution in [0.3, 0.4) is 0 Å². The van der Waals surface area contributed by atoms with E-state index in [0.29, 0.717) is 93.8 Å². The molecule has 2 saturated heterocycles. The first-order valence-electron chi connectivity index (χ1n) is 39.7. The van der Waals surface area contributed by atoms with Crippen molar-refractivity contribution < 1.29 is 29.0 Å². The maximum atomic E-state index is 12.9. The molecule has 7 N–H and O–H groups in total. The Balaban J connectivity index is 0.000000148. The standard InChI is InChI=1S/C24H23ClN6O.C24H25ClN4O2.C23H23ClN4O2.C22H23ClN4O/c1-17-19(7-9-23(29-17)28-11-4-13-31-14-12-26-16-31)24(32)30-18-6-8-21(25)20(15-18)22-5-2-3-10-27-22;1-15-13-29(14-16(2)31-15)23-10-8-19(17(3)27-23)24(30)28-18-7-9-21(25)20(12-18)22-6-4-5-11-26-22;1-15-18(6-8-22(26-15)28-12-9-17(29)10-13-28)23(30)27-16-5-7-20(24)19(14-16)21-4-2-3-11-25-21;1-14(2)13-25-21-10-8-17(15(3)26-21)22(28)27-16-7-9-19(23)18(12-16)20-6-4-5-11-24-20/h2-3,5-10,12,14-16H,4,11,13H2,1H3,(H,28,29)(H,30,32);4-12,15-16H,13-14H2,1-3H3,(H,28,30);2-8,11,14,17,29H,9-10,12-13H2,1H3,(H,27,30);4-12,14H,13H2,1-3H3,(H,25,26)(H,27,28). The van der Waals surface area contributed by atoms with Crippen LogP contribution in [-0.4, -0.2) is 136 Å². The Hall–Kier alpha value is -12.6. The summed E-state index contributed by atoms with van der Waals surface area (Å²) in [5, 5.41) is 30.3. The molecule has 13 aromatic rings. The molecule has 2 fully saturated rings. The van der Waals surface area contributed by atoms with Gasteiger partial charge in [-0.25, -0.2) is 24.9 Å². The van der Waals surface area contributed by atoms with E-state index < -0.39 is 0 Å². The summed E-state index contributed by atoms with van der Waals surface area (Å²) < 4.78 is 7.83. The summed E-state index contributed by atoms with van der Waals surface area (Å²) in [6.45, 7) is 21.3. The van der Waals surface area contributed by atoms with Crippen molar-refractivity contribution in [2.75, 3.05) is 81.0 Å². The lowest BCUT2D eigenvalue weighted by Crippen LogP contribution is -2.45. The quantitative estimate of drug-likeness (QED) is 0.0310. The Labute approximate surface area is 724 Å². The fraction of sp³-hybridized carbons (Fsp3) is 0.237. The summed E-state index contributed by atoms with van der Waals surface area (Å²) in [6.07, 6.45) is 14.8. The molecule has 0 saturated carbocycles. The summed E-state index contributed by atoms with van der Waals surface area (Å²) in [6, 6.07) is 58.5. The van der Waals surface area contributed by atoms with Crippen LogP contribution in [0.2, 0.25) is 20.1 Å². The molecule has 28 heteroatoms. The Morgan fingerprint density at radius 2 is 0.802 bits per heavy atom. The molecule has 24 nitrogen and oxygen atoms in total. The topological polar surface area (TPSA) is 297 Å². The molecule has 0 radical (unpaired) electrons. The van der Waals surface area contributed by atoms with E-state index in [1.807, 2.05) is 166 Å². The Morgan fingerprint density at radius 3 is 1.13 bits per heavy atom. The highest BCUT2D eigenvalue weighted by Gasteiger charge is 2.26. The molecule has 0 bridgehead atoms. The monoisotopic (exact) mass is 1700 g/mol. The van der Waals surface area contributed by atoms with Gasteiger partial charge in [0.2, 0.25) is 0 Å². The minimum atomic E-state index is -0.234. The van der Waals surface area contributed by atoms with Crippen molar-refractivity contribution in [1.29, 1.82) is 0 Å². The number of carbonyl (C=O) groups is 4. The maximum absolute atomic E-state index is 12.9. The molecule has 2 aliphatic heterocycles. The number of aryl methyl sites for hydroxylation is 5. The van der Waals surface area contributed by atoms with Gasteiger partial charge in [-0.1, -0.05) is 84.5 Å². The zero-order chi connectivity index (χ0) is 85.5. The number of benzene rings is 4. The molecule has 2 unspecified atom stereocenters. The number of amides is 4. The van der Waals surface area contributed by atoms with Crippen LogP contribution in [-0.2, 0) is 11.3 Å². The number of nitrogens with zero attached hydrogens (tertiary/aromatic N) is 12. The highest BCUT2D eigenvalue weighted by atomic mass is 35.5. The van der Waals surface area contributed by atoms with Crippen molar-refractivity contribution in [3.8, 4) is 45.0 Å². The number of anilines is 8. The molecule has 9 aromatic heterocycles. The summed E-state index contributed by atoms with van der Waals surface area (Å²) in [5.74, 6) is 2.85. The number of aliphatic hydroxyl groups excluding tert-OH is 1. The number of hydrogen-bond donors (Lipinski definition) is 7. The second-order valence-electron chi connectivity index (χ2n) is 29.5. The third-order valence-corrected chi connectivity index (χ3v) is 21.0. The highest BCUT2D eigenvalue weighted by Crippen LogP contribution is 2.35. The number of ether oxygens (including phenoxy) is 1. The average molecular weight is 1700 g/mol. The van der Waals surface area contributed by atoms with E-state index in [2.05, 4.69) is 114 Å². The number of imidazole rings is 1. The number of aromatic nitrogens is 10. The predicted molar refractivity (Wildman–Crippen MR) is 485 cm³/mol. The molecule has 4 aromatic carbocycles. The zero-order valence-electron chi connectivity index (χ0n) is 68.3. The lowest BCUT2D eigenvalue weighted by molar-refractivity contribution is -0.00548. The van der Waals surface area contributed by atoms with E-state index in [0.717, 1.165) is 133 Å². The number of aliphatic hydroxyl groups is 1. The highest BCUT2D eigenvalue weighted by molar-refractivity contribution is 6.35. The van der Waals surface area contributed by atoms with Gasteiger partial charge in [-0.15, -0.1) is 0 Å². The number of nitrogens with one attached hydrogen (secondary N) is 6. The molecule has 121 heavy (non-hydrogen) atoms. The van der Waals surface area contributed by atoms with Crippen molar-refractivity contribution in [2.24, 2.45) is 5.92 Å². The Bertz CT molecular complexity index is 5690. The van der Waals surface area contributed by atoms with Gasteiger partial charge in [-0.05, 0) is 237 Å². The van der Waals surface area contributed by atoms with Gasteiger partial charge in [0.25, 0.3) is 23.6 Å². The summed E-state index contributed by atoms with van der Waals surface area (Å²) in [4.78, 5) is 95.4. The van der Waals surface area contributed by atoms with Crippen molar-refractivity contribution >= 4 is 116 Å². The molecule has 4 amide bonds. The smallest absolute Gasteiger partial charge is 0.257 e. The van der Waals surface area contributed by atoms with Crippen molar-refractivity contribution in [3.63, 3.8) is 0 Å². The number of hydrogen-bond acceptors (Lipinski definition) is 19. The molecule has 0 aliphatic carbocycles. The minimum Gasteiger partial charge on any atom is -0.393 e. The van der Waals surface area contributed by atoms with E-state index in [9.17, 15) is 24.3 Å². The van der Waals surface area contributed by atoms with Crippen molar-refractivity contribution in [3.05, 3.63) is 303 Å². The molecule has 620 valence electrons. The normalized spacial score (nSPS) is 13.7. The van der Waals surface area contributed by atoms with E-state index >= 15 is 0 Å². The first-order valence-corrected chi connectivity index (χ1v) is 41.2. The van der Waals surface area contributed by atoms with E-state index in [1.54, 1.807) is 104 Å². The second-order valence-corrected chi connectivity index (χ2v) is 31.1. The van der Waals surface area contributed by atoms with Crippen molar-refractivity contribution in [2.45, 2.75) is 99.5 Å². The molecular formula is C93H94Cl4N18O6. The molecule has 11 heterocycles. The van der Waals surface area contributed by atoms with E-state index in [-0.39, 0.29) is 41.9 Å². The van der Waals surface area contributed by atoms with Gasteiger partial charge in [0.1, 0.15) is 23.3 Å². The first kappa shape index (κ1) is 87.8. The van der Waals surface area contributed by atoms with Crippen LogP contribution in [0.5, 0.6) is 0 Å². The maximum Gasteiger partial charge on any atom is 0.257 e. The van der Waals surface area contributed by atoms with Crippen LogP contribution in [0.15, 0.2) is 238 Å². The van der Waals surface area contributed by atoms with Crippen LogP contribution in [0.1, 0.15) is 111 Å². The lowest BCUT2D eigenvalue weighted by atomic mass is 10.1. The van der Waals surface area contributed by atoms with Gasteiger partial charge in [-0.3, -0.25) is 39.1 Å². The van der Waals surface area contributed by atoms with Gasteiger partial charge >= 0.3 is 0 Å². The van der Waals surface area contributed by atoms with Gasteiger partial charge in [0.05, 0.1) is 113 Å². The fourth-order valence-electron chi connectivity index (χ4n) is 13.5. The largest absolute Gasteiger partial charge is 0.393 e. The average Bonchev–Trinajstić information content (AvgIpc) is 1.22. The molecule has 2 aliphatic rings. The van der Waals surface area contributed by atoms with E-state index in [1.165, 1.54) is 0 Å². The van der Waals surface area contributed by atoms with Crippen LogP contribution >= 0.6 is 46.4 Å². The Morgan fingerprint density at radius 1 is 0.446 bits per heavy atom. The minimum absolute atomic E-state index is 0.145. The Kier molecular flexibility index (Phi) is 30.8. The summed E-state index contributed by atoms with van der Waals surface area (Å²) in [5.41, 5.74) is 13.4. The van der Waals surface area contributed by atoms with Gasteiger partial charge in [0, 0.05) is 128 Å². The fourth-order valence-corrected chi connectivity index (χ4v) is 14.3. The number of pyridine rings is 8. The van der Waals surface area contributed by atoms with Crippen LogP contribution in [0.4, 0.5) is 46.0 Å². The zero-order valence-corrected chi connectivity index (χ0v) is 71.3. The predicted octanol–water partition coefficient (Wildman–Crippen LogP) is 19.8. The number of rotatable bonds is 22. The SMILES string of the molecule is Cc1nc(N2CC(C)OC(C)C2)ccc1C(=O)Nc1ccc(Cl)c(-c2ccccn2)c1.Cc1nc(N2CCC(O)CC2)ccc1C(=O)Nc1ccc(Cl)c(-c2ccccn2)c1.Cc1nc(NCC(C)C)ccc1C(=O)Nc1ccc(Cl)c(-c2ccccn2)c1.Cc1nc(NCCCn2ccnc2)ccc1C(=O)Nc1ccc(Cl)c(-c2ccccn2)c1. The van der Waals surface area contributed by atoms with Crippen LogP contribution < -0.4 is 41.7 Å². The molecule has 0 spiro atoms. The summed E-state index contributed by atoms with van der Waals surface area (Å²) in [7, 11) is 0. The third kappa shape index (κ3) is 24.6. The first-order chi connectivity index (χ1) is 58.4. The second kappa shape index (κ2) is 42.4. The van der Waals surface area contributed by atoms with Crippen molar-refractivity contribution in [1.82, 2.24) is 49.4 Å². The van der Waals surface area contributed by atoms with Crippen LogP contribution in [0, 0.1) is 33.6 Å². The number of halogens is 4. The molecular weight excluding hydrogens is 1610 g/mol. The van der Waals surface area contributed by atoms with Gasteiger partial charge in [-0.2, -0.15) is 0 Å². The lowest BCUT2D eigenvalue weighted by Gasteiger charge is -2.36. The molecule has 2 atom stereocenters.